The van der Waals surface area contributed by atoms with Gasteiger partial charge in [0.2, 0.25) is 5.82 Å². The fourth-order valence-electron chi connectivity index (χ4n) is 2.98. The highest BCUT2D eigenvalue weighted by molar-refractivity contribution is 5.83. The van der Waals surface area contributed by atoms with Gasteiger partial charge in [-0.2, -0.15) is 4.98 Å². The van der Waals surface area contributed by atoms with Crippen LogP contribution in [-0.2, 0) is 14.4 Å². The van der Waals surface area contributed by atoms with Crippen LogP contribution in [-0.4, -0.2) is 68.1 Å². The molecule has 0 radical (unpaired) electrons. The first-order valence-electron chi connectivity index (χ1n) is 9.27. The van der Waals surface area contributed by atoms with Crippen LogP contribution in [0.2, 0.25) is 0 Å². The number of nitrogens with zero attached hydrogens (tertiary/aromatic N) is 4. The molecule has 1 aliphatic rings. The Morgan fingerprint density at radius 3 is 2.86 bits per heavy atom. The van der Waals surface area contributed by atoms with Crippen molar-refractivity contribution in [3.05, 3.63) is 12.2 Å². The number of hydrogen-bond acceptors (Lipinski definition) is 9. The van der Waals surface area contributed by atoms with Gasteiger partial charge in [-0.15, -0.1) is 0 Å². The van der Waals surface area contributed by atoms with E-state index in [1.165, 1.54) is 25.1 Å². The second-order valence-electron chi connectivity index (χ2n) is 6.47. The molecule has 11 heteroatoms. The van der Waals surface area contributed by atoms with E-state index in [1.807, 2.05) is 0 Å². The highest BCUT2D eigenvalue weighted by Crippen LogP contribution is 2.32. The number of aliphatic hydroxyl groups excluding tert-OH is 2. The maximum atomic E-state index is 11.9. The van der Waals surface area contributed by atoms with Crippen LogP contribution in [0.5, 0.6) is 0 Å². The summed E-state index contributed by atoms with van der Waals surface area (Å²) in [5.74, 6) is 5.92. The fourth-order valence-corrected chi connectivity index (χ4v) is 2.98. The molecule has 2 aromatic heterocycles. The quantitative estimate of drug-likeness (QED) is 0.290. The number of aliphatic hydroxyl groups is 2. The first kappa shape index (κ1) is 20.9. The number of anilines is 1. The van der Waals surface area contributed by atoms with Crippen molar-refractivity contribution < 1.29 is 24.6 Å². The Labute approximate surface area is 167 Å². The van der Waals surface area contributed by atoms with Gasteiger partial charge >= 0.3 is 0 Å². The summed E-state index contributed by atoms with van der Waals surface area (Å²) in [6.45, 7) is 2.08. The van der Waals surface area contributed by atoms with Gasteiger partial charge in [-0.3, -0.25) is 14.2 Å². The summed E-state index contributed by atoms with van der Waals surface area (Å²) >= 11 is 0. The van der Waals surface area contributed by atoms with Crippen LogP contribution in [0.3, 0.4) is 0 Å². The van der Waals surface area contributed by atoms with Gasteiger partial charge in [0.25, 0.3) is 5.91 Å². The van der Waals surface area contributed by atoms with Crippen LogP contribution in [0.1, 0.15) is 38.2 Å². The monoisotopic (exact) mass is 404 g/mol. The van der Waals surface area contributed by atoms with Gasteiger partial charge in [-0.25, -0.2) is 15.4 Å². The lowest BCUT2D eigenvalue weighted by Gasteiger charge is -2.16. The predicted molar refractivity (Wildman–Crippen MR) is 102 cm³/mol. The molecule has 3 rings (SSSR count). The minimum Gasteiger partial charge on any atom is -0.387 e. The number of carbonyl (C=O) groups excluding carboxylic acids is 1. The van der Waals surface area contributed by atoms with Gasteiger partial charge < -0.3 is 20.3 Å². The number of likely N-dealkylation sites (N-methyl/N-ethyl adjacent to an activating group) is 1. The average molecular weight is 404 g/mol. The Hall–Kier alpha value is -2.78. The van der Waals surface area contributed by atoms with Crippen LogP contribution in [0.25, 0.3) is 11.2 Å². The Morgan fingerprint density at radius 2 is 2.17 bits per heavy atom. The van der Waals surface area contributed by atoms with Gasteiger partial charge in [-0.1, -0.05) is 19.3 Å². The van der Waals surface area contributed by atoms with Gasteiger partial charge in [-0.05, 0) is 12.3 Å². The Kier molecular flexibility index (Phi) is 6.60. The summed E-state index contributed by atoms with van der Waals surface area (Å²) in [6.07, 6.45) is -0.934. The number of nitrogens with one attached hydrogen (secondary N) is 2. The minimum absolute atomic E-state index is 0.241. The highest BCUT2D eigenvalue weighted by atomic mass is 16.6. The van der Waals surface area contributed by atoms with Crippen molar-refractivity contribution in [1.29, 1.82) is 0 Å². The maximum Gasteiger partial charge on any atom is 0.251 e. The van der Waals surface area contributed by atoms with E-state index in [-0.39, 0.29) is 5.82 Å². The third-order valence-electron chi connectivity index (χ3n) is 4.49. The van der Waals surface area contributed by atoms with Crippen molar-refractivity contribution >= 4 is 22.9 Å². The average Bonchev–Trinajstić information content (AvgIpc) is 3.26. The van der Waals surface area contributed by atoms with E-state index in [0.717, 1.165) is 12.8 Å². The first-order valence-corrected chi connectivity index (χ1v) is 9.27. The van der Waals surface area contributed by atoms with Crippen molar-refractivity contribution in [3.63, 3.8) is 0 Å². The van der Waals surface area contributed by atoms with Crippen LogP contribution in [0.4, 0.5) is 5.82 Å². The first-order chi connectivity index (χ1) is 14.0. The Morgan fingerprint density at radius 1 is 1.38 bits per heavy atom. The second kappa shape index (κ2) is 9.15. The van der Waals surface area contributed by atoms with Crippen LogP contribution in [0.15, 0.2) is 6.33 Å². The Balaban J connectivity index is 2.01. The number of hydrogen-bond donors (Lipinski definition) is 4. The minimum atomic E-state index is -1.40. The molecule has 0 bridgehead atoms. The number of unbranched alkanes of at least 4 members (excludes halogenated alkanes) is 2. The summed E-state index contributed by atoms with van der Waals surface area (Å²) in [4.78, 5) is 29.8. The van der Waals surface area contributed by atoms with Crippen molar-refractivity contribution in [2.75, 3.05) is 19.6 Å². The van der Waals surface area contributed by atoms with Crippen molar-refractivity contribution in [2.24, 2.45) is 0 Å². The molecule has 1 aliphatic heterocycles. The molecule has 4 N–H and O–H groups in total. The van der Waals surface area contributed by atoms with Crippen molar-refractivity contribution in [2.45, 2.75) is 50.7 Å². The molecule has 0 unspecified atom stereocenters. The van der Waals surface area contributed by atoms with Gasteiger partial charge in [0.05, 0.1) is 13.4 Å². The predicted octanol–water partition coefficient (Wildman–Crippen LogP) is -0.293. The summed E-state index contributed by atoms with van der Waals surface area (Å²) in [5.41, 5.74) is 3.31. The molecular weight excluding hydrogens is 380 g/mol. The molecule has 0 saturated carbocycles. The summed E-state index contributed by atoms with van der Waals surface area (Å²) in [5, 5.41) is 23.0. The van der Waals surface area contributed by atoms with Crippen molar-refractivity contribution in [3.8, 4) is 11.8 Å². The topological polar surface area (TPSA) is 144 Å². The van der Waals surface area contributed by atoms with Crippen LogP contribution in [0, 0.1) is 11.8 Å². The summed E-state index contributed by atoms with van der Waals surface area (Å²) in [6, 6.07) is 0. The fraction of sp³-hybridized carbons (Fsp3) is 0.556. The zero-order chi connectivity index (χ0) is 21.0. The van der Waals surface area contributed by atoms with E-state index in [2.05, 4.69) is 44.5 Å². The molecule has 156 valence electrons. The lowest BCUT2D eigenvalue weighted by atomic mass is 10.1. The largest absolute Gasteiger partial charge is 0.387 e. The zero-order valence-electron chi connectivity index (χ0n) is 16.4. The number of ether oxygens (including phenoxy) is 1. The molecule has 2 aromatic rings. The number of aromatic nitrogens is 4. The van der Waals surface area contributed by atoms with Crippen molar-refractivity contribution in [1.82, 2.24) is 24.8 Å². The van der Waals surface area contributed by atoms with Gasteiger partial charge in [0.1, 0.15) is 12.2 Å². The maximum absolute atomic E-state index is 11.9. The van der Waals surface area contributed by atoms with E-state index < -0.39 is 30.4 Å². The third kappa shape index (κ3) is 4.15. The molecule has 3 heterocycles. The molecule has 1 fully saturated rings. The molecule has 0 aliphatic carbocycles. The van der Waals surface area contributed by atoms with Gasteiger partial charge in [0.15, 0.2) is 29.3 Å². The third-order valence-corrected chi connectivity index (χ3v) is 4.49. The highest BCUT2D eigenvalue weighted by Gasteiger charge is 2.47. The second-order valence-corrected chi connectivity index (χ2v) is 6.47. The van der Waals surface area contributed by atoms with Crippen LogP contribution >= 0.6 is 0 Å². The number of carbonyl (C=O) groups is 1. The molecule has 11 nitrogen and oxygen atoms in total. The van der Waals surface area contributed by atoms with E-state index in [9.17, 15) is 15.0 Å². The van der Waals surface area contributed by atoms with E-state index in [1.54, 1.807) is 0 Å². The normalized spacial score (nSPS) is 23.6. The lowest BCUT2D eigenvalue weighted by molar-refractivity contribution is -0.137. The molecular formula is C18H24N6O5. The molecule has 4 atom stereocenters. The zero-order valence-corrected chi connectivity index (χ0v) is 16.4. The number of imidazole rings is 1. The SMILES string of the molecule is CCCCC#Cc1nc(NOC)c2ncn([C@@H]3O[C@H](C(=O)NC)[C@@H](O)[C@H]3O)c2n1. The Bertz CT molecular complexity index is 936. The van der Waals surface area contributed by atoms with E-state index in [0.29, 0.717) is 23.4 Å². The van der Waals surface area contributed by atoms with E-state index in [4.69, 9.17) is 9.57 Å². The number of rotatable bonds is 6. The molecule has 1 saturated heterocycles. The van der Waals surface area contributed by atoms with Gasteiger partial charge in [0, 0.05) is 13.5 Å². The summed E-state index contributed by atoms with van der Waals surface area (Å²) in [7, 11) is 2.86. The molecule has 0 aromatic carbocycles. The molecule has 1 amide bonds. The number of fused-ring (bicyclic) bond motifs is 1. The number of amides is 1. The van der Waals surface area contributed by atoms with E-state index >= 15 is 0 Å². The standard InChI is InChI=1S/C18H24N6O5/c1-4-5-6-7-8-10-21-15(23-28-3)11-16(22-10)24(9-20-11)18-13(26)12(25)14(29-18)17(27)19-2/h9,12-14,18,25-26H,4-6H2,1-3H3,(H,19,27)(H,21,22,23)/t12-,13+,14-,18+/m0/s1. The molecule has 0 spiro atoms. The van der Waals surface area contributed by atoms with Crippen LogP contribution < -0.4 is 10.8 Å². The lowest BCUT2D eigenvalue weighted by Crippen LogP contribution is -2.41. The smallest absolute Gasteiger partial charge is 0.251 e. The molecule has 29 heavy (non-hydrogen) atoms. The summed E-state index contributed by atoms with van der Waals surface area (Å²) < 4.78 is 7.04.